The predicted molar refractivity (Wildman–Crippen MR) is 67.6 cm³/mol. The number of halogens is 2. The summed E-state index contributed by atoms with van der Waals surface area (Å²) in [5.74, 6) is 0. The van der Waals surface area contributed by atoms with Crippen LogP contribution in [0.4, 0.5) is 0 Å². The minimum absolute atomic E-state index is 0. The van der Waals surface area contributed by atoms with Crippen LogP contribution in [0.2, 0.25) is 0 Å². The largest absolute Gasteiger partial charge is 0.107 e. The van der Waals surface area contributed by atoms with Crippen molar-refractivity contribution in [3.63, 3.8) is 0 Å². The summed E-state index contributed by atoms with van der Waals surface area (Å²) in [5.41, 5.74) is 0. The Kier molecular flexibility index (Phi) is 13.4. The standard InChI is InChI=1S/C8H12.2HI/c1-2-4-6-8-7-5-3-1;;/h1-2,7-8H,3-6H2;2*1H. The molecule has 0 bridgehead atoms. The Morgan fingerprint density at radius 3 is 0.900 bits per heavy atom. The van der Waals surface area contributed by atoms with Crippen molar-refractivity contribution in [2.24, 2.45) is 0 Å². The molecule has 60 valence electrons. The maximum absolute atomic E-state index is 2.27. The predicted octanol–water partition coefficient (Wildman–Crippen LogP) is 3.91. The molecule has 0 unspecified atom stereocenters. The molecule has 0 saturated heterocycles. The maximum Gasteiger partial charge on any atom is -0.0316 e. The summed E-state index contributed by atoms with van der Waals surface area (Å²) in [5, 5.41) is 0. The van der Waals surface area contributed by atoms with Gasteiger partial charge in [-0.3, -0.25) is 0 Å². The highest BCUT2D eigenvalue weighted by molar-refractivity contribution is 14.0. The molecule has 1 rings (SSSR count). The van der Waals surface area contributed by atoms with E-state index in [9.17, 15) is 0 Å². The van der Waals surface area contributed by atoms with Gasteiger partial charge in [0.25, 0.3) is 0 Å². The van der Waals surface area contributed by atoms with Crippen LogP contribution < -0.4 is 0 Å². The molecule has 0 N–H and O–H groups in total. The molecule has 0 aromatic rings. The van der Waals surface area contributed by atoms with Crippen molar-refractivity contribution < 1.29 is 0 Å². The summed E-state index contributed by atoms with van der Waals surface area (Å²) in [7, 11) is 0. The molecule has 0 fully saturated rings. The highest BCUT2D eigenvalue weighted by Gasteiger charge is 1.81. The van der Waals surface area contributed by atoms with Crippen LogP contribution in [0, 0.1) is 0 Å². The molecule has 2 heteroatoms. The Labute approximate surface area is 97.2 Å². The van der Waals surface area contributed by atoms with Gasteiger partial charge in [0.15, 0.2) is 0 Å². The third-order valence-corrected chi connectivity index (χ3v) is 1.33. The third-order valence-electron chi connectivity index (χ3n) is 1.33. The van der Waals surface area contributed by atoms with Crippen LogP contribution in [0.1, 0.15) is 25.7 Å². The second-order valence-electron chi connectivity index (χ2n) is 2.10. The van der Waals surface area contributed by atoms with E-state index >= 15 is 0 Å². The molecule has 0 atom stereocenters. The smallest absolute Gasteiger partial charge is 0.0316 e. The van der Waals surface area contributed by atoms with Crippen LogP contribution in [-0.2, 0) is 0 Å². The number of rotatable bonds is 0. The molecular formula is C8H14I2. The van der Waals surface area contributed by atoms with Gasteiger partial charge in [0.2, 0.25) is 0 Å². The molecule has 0 aromatic carbocycles. The second kappa shape index (κ2) is 9.94. The summed E-state index contributed by atoms with van der Waals surface area (Å²) in [6.45, 7) is 0. The number of hydrogen-bond acceptors (Lipinski definition) is 0. The first-order valence-electron chi connectivity index (χ1n) is 3.30. The molecular weight excluding hydrogens is 350 g/mol. The van der Waals surface area contributed by atoms with Crippen LogP contribution >= 0.6 is 48.0 Å². The van der Waals surface area contributed by atoms with Crippen molar-refractivity contribution in [3.05, 3.63) is 24.3 Å². The lowest BCUT2D eigenvalue weighted by Gasteiger charge is -1.92. The van der Waals surface area contributed by atoms with Gasteiger partial charge in [0.05, 0.1) is 0 Å². The van der Waals surface area contributed by atoms with Gasteiger partial charge in [0, 0.05) is 0 Å². The van der Waals surface area contributed by atoms with E-state index < -0.39 is 0 Å². The fourth-order valence-corrected chi connectivity index (χ4v) is 0.856. The SMILES string of the molecule is C1=CCCC=CCC1.I.I. The summed E-state index contributed by atoms with van der Waals surface area (Å²) < 4.78 is 0. The summed E-state index contributed by atoms with van der Waals surface area (Å²) in [6.07, 6.45) is 14.0. The molecule has 0 spiro atoms. The molecule has 1 aliphatic rings. The van der Waals surface area contributed by atoms with E-state index in [2.05, 4.69) is 24.3 Å². The zero-order valence-corrected chi connectivity index (χ0v) is 10.6. The minimum atomic E-state index is 0. The Morgan fingerprint density at radius 2 is 0.700 bits per heavy atom. The van der Waals surface area contributed by atoms with Gasteiger partial charge in [-0.15, -0.1) is 48.0 Å². The highest BCUT2D eigenvalue weighted by atomic mass is 127. The monoisotopic (exact) mass is 364 g/mol. The van der Waals surface area contributed by atoms with Crippen LogP contribution in [0.15, 0.2) is 24.3 Å². The van der Waals surface area contributed by atoms with Crippen molar-refractivity contribution in [1.29, 1.82) is 0 Å². The Bertz CT molecular complexity index is 79.8. The molecule has 10 heavy (non-hydrogen) atoms. The average Bonchev–Trinajstić information content (AvgIpc) is 1.62. The first-order chi connectivity index (χ1) is 4.00. The van der Waals surface area contributed by atoms with E-state index in [1.165, 1.54) is 25.7 Å². The lowest BCUT2D eigenvalue weighted by atomic mass is 10.1. The van der Waals surface area contributed by atoms with Gasteiger partial charge in [-0.1, -0.05) is 24.3 Å². The van der Waals surface area contributed by atoms with Crippen molar-refractivity contribution in [2.45, 2.75) is 25.7 Å². The van der Waals surface area contributed by atoms with Gasteiger partial charge >= 0.3 is 0 Å². The Balaban J connectivity index is 0. The van der Waals surface area contributed by atoms with Gasteiger partial charge in [-0.25, -0.2) is 0 Å². The lowest BCUT2D eigenvalue weighted by Crippen LogP contribution is -1.71. The van der Waals surface area contributed by atoms with Gasteiger partial charge in [0.1, 0.15) is 0 Å². The second-order valence-corrected chi connectivity index (χ2v) is 2.10. The summed E-state index contributed by atoms with van der Waals surface area (Å²) in [6, 6.07) is 0. The third kappa shape index (κ3) is 7.05. The molecule has 0 aromatic heterocycles. The van der Waals surface area contributed by atoms with E-state index in [1.807, 2.05) is 0 Å². The number of allylic oxidation sites excluding steroid dienone is 4. The van der Waals surface area contributed by atoms with Crippen LogP contribution in [0.3, 0.4) is 0 Å². The zero-order chi connectivity index (χ0) is 5.66. The molecule has 1 aliphatic carbocycles. The molecule has 0 saturated carbocycles. The van der Waals surface area contributed by atoms with Gasteiger partial charge < -0.3 is 0 Å². The molecule has 0 nitrogen and oxygen atoms in total. The van der Waals surface area contributed by atoms with Crippen molar-refractivity contribution in [3.8, 4) is 0 Å². The molecule has 0 amide bonds. The Hall–Kier alpha value is 0.940. The minimum Gasteiger partial charge on any atom is -0.107 e. The molecule has 0 aliphatic heterocycles. The fourth-order valence-electron chi connectivity index (χ4n) is 0.856. The molecule has 0 radical (unpaired) electrons. The normalized spacial score (nSPS) is 16.0. The highest BCUT2D eigenvalue weighted by Crippen LogP contribution is 2.02. The van der Waals surface area contributed by atoms with Gasteiger partial charge in [-0.2, -0.15) is 0 Å². The first-order valence-corrected chi connectivity index (χ1v) is 3.30. The van der Waals surface area contributed by atoms with E-state index in [4.69, 9.17) is 0 Å². The quantitative estimate of drug-likeness (QED) is 0.452. The topological polar surface area (TPSA) is 0 Å². The number of hydrogen-bond donors (Lipinski definition) is 0. The van der Waals surface area contributed by atoms with Crippen molar-refractivity contribution >= 4 is 48.0 Å². The summed E-state index contributed by atoms with van der Waals surface area (Å²) in [4.78, 5) is 0. The van der Waals surface area contributed by atoms with E-state index in [1.54, 1.807) is 0 Å². The van der Waals surface area contributed by atoms with Crippen LogP contribution in [0.25, 0.3) is 0 Å². The fraction of sp³-hybridized carbons (Fsp3) is 0.500. The van der Waals surface area contributed by atoms with E-state index in [0.717, 1.165) is 0 Å². The van der Waals surface area contributed by atoms with Gasteiger partial charge in [-0.05, 0) is 25.7 Å². The van der Waals surface area contributed by atoms with Crippen molar-refractivity contribution in [2.75, 3.05) is 0 Å². The Morgan fingerprint density at radius 1 is 0.500 bits per heavy atom. The first kappa shape index (κ1) is 13.5. The molecule has 0 heterocycles. The summed E-state index contributed by atoms with van der Waals surface area (Å²) >= 11 is 0. The van der Waals surface area contributed by atoms with Crippen LogP contribution in [-0.4, -0.2) is 0 Å². The van der Waals surface area contributed by atoms with E-state index in [0.29, 0.717) is 0 Å². The van der Waals surface area contributed by atoms with Crippen molar-refractivity contribution in [1.82, 2.24) is 0 Å². The zero-order valence-electron chi connectivity index (χ0n) is 5.95. The maximum atomic E-state index is 2.27. The lowest BCUT2D eigenvalue weighted by molar-refractivity contribution is 0.962. The average molecular weight is 364 g/mol. The van der Waals surface area contributed by atoms with Crippen LogP contribution in [0.5, 0.6) is 0 Å². The van der Waals surface area contributed by atoms with E-state index in [-0.39, 0.29) is 48.0 Å².